The van der Waals surface area contributed by atoms with E-state index in [1.54, 1.807) is 19.3 Å². The van der Waals surface area contributed by atoms with Gasteiger partial charge in [0.2, 0.25) is 5.78 Å². The zero-order chi connectivity index (χ0) is 17.4. The van der Waals surface area contributed by atoms with Crippen LogP contribution in [-0.2, 0) is 17.2 Å². The van der Waals surface area contributed by atoms with Gasteiger partial charge in [-0.1, -0.05) is 18.2 Å². The number of benzene rings is 1. The van der Waals surface area contributed by atoms with E-state index < -0.39 is 15.0 Å². The van der Waals surface area contributed by atoms with Crippen molar-refractivity contribution < 1.29 is 27.1 Å². The van der Waals surface area contributed by atoms with Gasteiger partial charge in [0, 0.05) is 24.1 Å². The lowest BCUT2D eigenvalue weighted by molar-refractivity contribution is -0.672. The molecule has 2 aromatic rings. The molecule has 6 nitrogen and oxygen atoms in total. The van der Waals surface area contributed by atoms with Crippen LogP contribution in [0.5, 0.6) is 0 Å². The fourth-order valence-electron chi connectivity index (χ4n) is 2.53. The Morgan fingerprint density at radius 3 is 2.17 bits per heavy atom. The van der Waals surface area contributed by atoms with E-state index in [0.29, 0.717) is 0 Å². The van der Waals surface area contributed by atoms with Gasteiger partial charge in [0.05, 0.1) is 10.5 Å². The molecule has 0 aliphatic rings. The van der Waals surface area contributed by atoms with Gasteiger partial charge in [0.25, 0.3) is 5.69 Å². The molecule has 0 radical (unpaired) electrons. The predicted molar refractivity (Wildman–Crippen MR) is 81.0 cm³/mol. The predicted octanol–water partition coefficient (Wildman–Crippen LogP) is 1.49. The van der Waals surface area contributed by atoms with Crippen molar-refractivity contribution in [3.8, 4) is 11.1 Å². The molecule has 0 N–H and O–H groups in total. The fraction of sp³-hybridized carbons (Fsp3) is 0.188. The van der Waals surface area contributed by atoms with E-state index >= 15 is 0 Å². The third-order valence-electron chi connectivity index (χ3n) is 3.46. The first-order valence-corrected chi connectivity index (χ1v) is 8.15. The molecule has 2 rings (SSSR count). The highest BCUT2D eigenvalue weighted by Crippen LogP contribution is 2.32. The number of aromatic nitrogens is 1. The van der Waals surface area contributed by atoms with E-state index in [9.17, 15) is 22.6 Å². The smallest absolute Gasteiger partial charge is 0.256 e. The second kappa shape index (κ2) is 6.02. The zero-order valence-corrected chi connectivity index (χ0v) is 13.7. The van der Waals surface area contributed by atoms with Crippen molar-refractivity contribution in [3.63, 3.8) is 0 Å². The Balaban J connectivity index is 3.02. The van der Waals surface area contributed by atoms with Crippen molar-refractivity contribution in [2.24, 2.45) is 7.05 Å². The van der Waals surface area contributed by atoms with Crippen molar-refractivity contribution >= 4 is 21.7 Å². The highest BCUT2D eigenvalue weighted by Gasteiger charge is 2.27. The molecule has 1 heterocycles. The summed E-state index contributed by atoms with van der Waals surface area (Å²) in [6.07, 6.45) is 1.55. The Labute approximate surface area is 134 Å². The number of hydrogen-bond acceptors (Lipinski definition) is 5. The third-order valence-corrected chi connectivity index (χ3v) is 4.36. The molecule has 0 spiro atoms. The number of pyridine rings is 1. The topological polar surface area (TPSA) is 95.2 Å². The van der Waals surface area contributed by atoms with Crippen LogP contribution in [0.3, 0.4) is 0 Å². The average Bonchev–Trinajstić information content (AvgIpc) is 2.45. The fourth-order valence-corrected chi connectivity index (χ4v) is 3.21. The van der Waals surface area contributed by atoms with Crippen molar-refractivity contribution in [1.29, 1.82) is 0 Å². The van der Waals surface area contributed by atoms with Crippen LogP contribution in [0.4, 0.5) is 0 Å². The van der Waals surface area contributed by atoms with Crippen LogP contribution < -0.4 is 4.57 Å². The average molecular weight is 333 g/mol. The Morgan fingerprint density at radius 2 is 1.65 bits per heavy atom. The molecule has 1 aromatic heterocycles. The molecule has 0 aliphatic heterocycles. The molecule has 0 unspecified atom stereocenters. The molecule has 0 atom stereocenters. The Hall–Kier alpha value is -2.38. The first-order chi connectivity index (χ1) is 10.6. The van der Waals surface area contributed by atoms with E-state index in [2.05, 4.69) is 0 Å². The number of nitrogens with zero attached hydrogens (tertiary/aromatic N) is 1. The summed E-state index contributed by atoms with van der Waals surface area (Å²) in [7, 11) is -3.15. The summed E-state index contributed by atoms with van der Waals surface area (Å²) in [5.41, 5.74) is 0.553. The first kappa shape index (κ1) is 17.0. The summed E-state index contributed by atoms with van der Waals surface area (Å²) in [6, 6.07) is 7.04. The molecule has 0 aliphatic carbocycles. The van der Waals surface area contributed by atoms with Crippen LogP contribution in [0.2, 0.25) is 0 Å². The van der Waals surface area contributed by atoms with E-state index in [-0.39, 0.29) is 34.0 Å². The molecule has 0 bridgehead atoms. The van der Waals surface area contributed by atoms with Crippen molar-refractivity contribution in [2.45, 2.75) is 18.7 Å². The minimum absolute atomic E-state index is 0.0501. The van der Waals surface area contributed by atoms with Crippen molar-refractivity contribution in [3.05, 3.63) is 47.8 Å². The standard InChI is InChI=1S/C16H15NO5S/c1-10(18)12-8-9-17(3)16(11(2)19)15(12)13-6-4-5-7-14(13)23(20,21)22/h4-9H,1-3H3. The number of carbonyl (C=O) groups excluding carboxylic acids is 2. The Kier molecular flexibility index (Phi) is 4.44. The lowest BCUT2D eigenvalue weighted by Gasteiger charge is -2.15. The molecule has 0 saturated carbocycles. The lowest BCUT2D eigenvalue weighted by atomic mass is 9.94. The molecular weight excluding hydrogens is 318 g/mol. The van der Waals surface area contributed by atoms with Crippen LogP contribution in [0.15, 0.2) is 41.4 Å². The van der Waals surface area contributed by atoms with E-state index in [4.69, 9.17) is 0 Å². The van der Waals surface area contributed by atoms with Gasteiger partial charge >= 0.3 is 0 Å². The minimum atomic E-state index is -4.76. The maximum absolute atomic E-state index is 12.0. The van der Waals surface area contributed by atoms with Gasteiger partial charge in [0.1, 0.15) is 17.2 Å². The monoisotopic (exact) mass is 333 g/mol. The molecular formula is C16H15NO5S. The van der Waals surface area contributed by atoms with Gasteiger partial charge in [-0.15, -0.1) is 0 Å². The quantitative estimate of drug-likeness (QED) is 0.480. The first-order valence-electron chi connectivity index (χ1n) is 6.74. The second-order valence-electron chi connectivity index (χ2n) is 5.13. The van der Waals surface area contributed by atoms with Crippen molar-refractivity contribution in [2.75, 3.05) is 0 Å². The maximum atomic E-state index is 12.0. The summed E-state index contributed by atoms with van der Waals surface area (Å²) in [5, 5.41) is 0. The summed E-state index contributed by atoms with van der Waals surface area (Å²) >= 11 is 0. The van der Waals surface area contributed by atoms with Gasteiger partial charge in [-0.25, -0.2) is 8.42 Å². The minimum Gasteiger partial charge on any atom is -0.744 e. The molecule has 0 fully saturated rings. The summed E-state index contributed by atoms with van der Waals surface area (Å²) < 4.78 is 36.1. The summed E-state index contributed by atoms with van der Waals surface area (Å²) in [4.78, 5) is 23.5. The van der Waals surface area contributed by atoms with Crippen LogP contribution >= 0.6 is 0 Å². The lowest BCUT2D eigenvalue weighted by Crippen LogP contribution is -2.36. The van der Waals surface area contributed by atoms with E-state index in [1.165, 1.54) is 42.7 Å². The second-order valence-corrected chi connectivity index (χ2v) is 6.47. The molecule has 0 amide bonds. The van der Waals surface area contributed by atoms with Gasteiger partial charge in [-0.05, 0) is 13.0 Å². The van der Waals surface area contributed by atoms with E-state index in [0.717, 1.165) is 0 Å². The highest BCUT2D eigenvalue weighted by atomic mass is 32.2. The van der Waals surface area contributed by atoms with E-state index in [1.807, 2.05) is 0 Å². The summed E-state index contributed by atoms with van der Waals surface area (Å²) in [5.74, 6) is -0.676. The number of aryl methyl sites for hydroxylation is 1. The van der Waals surface area contributed by atoms with Crippen LogP contribution in [0.25, 0.3) is 11.1 Å². The molecule has 23 heavy (non-hydrogen) atoms. The normalized spacial score (nSPS) is 11.3. The van der Waals surface area contributed by atoms with Crippen LogP contribution in [0, 0.1) is 0 Å². The number of ketones is 2. The number of rotatable bonds is 4. The van der Waals surface area contributed by atoms with Gasteiger partial charge in [0.15, 0.2) is 12.0 Å². The van der Waals surface area contributed by atoms with Crippen LogP contribution in [-0.4, -0.2) is 24.5 Å². The molecule has 120 valence electrons. The van der Waals surface area contributed by atoms with Gasteiger partial charge < -0.3 is 4.55 Å². The molecule has 7 heteroatoms. The largest absolute Gasteiger partial charge is 0.744 e. The Morgan fingerprint density at radius 1 is 1.04 bits per heavy atom. The highest BCUT2D eigenvalue weighted by molar-refractivity contribution is 7.85. The van der Waals surface area contributed by atoms with Gasteiger partial charge in [-0.2, -0.15) is 4.57 Å². The zero-order valence-electron chi connectivity index (χ0n) is 12.9. The van der Waals surface area contributed by atoms with Gasteiger partial charge in [-0.3, -0.25) is 9.59 Å². The van der Waals surface area contributed by atoms with Crippen LogP contribution in [0.1, 0.15) is 34.7 Å². The molecule has 0 saturated heterocycles. The third kappa shape index (κ3) is 3.20. The SMILES string of the molecule is CC(=O)c1cc[n+](C)c(C(C)=O)c1-c1ccccc1S(=O)(=O)[O-]. The number of Topliss-reactive ketones (excluding diaryl/α,β-unsaturated/α-hetero) is 2. The molecule has 1 aromatic carbocycles. The maximum Gasteiger partial charge on any atom is 0.256 e. The van der Waals surface area contributed by atoms with Crippen molar-refractivity contribution in [1.82, 2.24) is 0 Å². The number of carbonyl (C=O) groups is 2. The Bertz CT molecular complexity index is 916. The number of hydrogen-bond donors (Lipinski definition) is 0. The summed E-state index contributed by atoms with van der Waals surface area (Å²) in [6.45, 7) is 2.63.